The van der Waals surface area contributed by atoms with Gasteiger partial charge in [-0.05, 0) is 30.9 Å². The number of carbonyl (C=O) groups excluding carboxylic acids is 1. The van der Waals surface area contributed by atoms with Crippen LogP contribution in [0.15, 0.2) is 34.9 Å². The number of amides is 1. The van der Waals surface area contributed by atoms with Gasteiger partial charge in [-0.3, -0.25) is 9.69 Å². The third-order valence-electron chi connectivity index (χ3n) is 4.80. The molecule has 2 aromatic rings. The lowest BCUT2D eigenvalue weighted by atomic mass is 9.91. The molecule has 0 bridgehead atoms. The van der Waals surface area contributed by atoms with E-state index in [1.807, 2.05) is 19.9 Å². The summed E-state index contributed by atoms with van der Waals surface area (Å²) in [4.78, 5) is 18.8. The second-order valence-corrected chi connectivity index (χ2v) is 7.29. The first-order valence-electron chi connectivity index (χ1n) is 9.48. The van der Waals surface area contributed by atoms with Crippen molar-refractivity contribution >= 4 is 5.91 Å². The van der Waals surface area contributed by atoms with Crippen molar-refractivity contribution in [2.45, 2.75) is 44.9 Å². The van der Waals surface area contributed by atoms with Crippen LogP contribution in [0.1, 0.15) is 55.8 Å². The molecule has 1 aromatic heterocycles. The first kappa shape index (κ1) is 18.6. The van der Waals surface area contributed by atoms with Gasteiger partial charge >= 0.3 is 0 Å². The minimum Gasteiger partial charge on any atom is -0.354 e. The highest BCUT2D eigenvalue weighted by Gasteiger charge is 2.22. The van der Waals surface area contributed by atoms with Crippen molar-refractivity contribution in [3.8, 4) is 0 Å². The third kappa shape index (κ3) is 5.14. The van der Waals surface area contributed by atoms with Gasteiger partial charge in [0, 0.05) is 25.4 Å². The van der Waals surface area contributed by atoms with E-state index in [4.69, 9.17) is 4.52 Å². The van der Waals surface area contributed by atoms with E-state index in [-0.39, 0.29) is 11.8 Å². The Bertz CT molecular complexity index is 699. The first-order chi connectivity index (χ1) is 12.6. The summed E-state index contributed by atoms with van der Waals surface area (Å²) in [5.41, 5.74) is 1.37. The zero-order chi connectivity index (χ0) is 18.4. The predicted molar refractivity (Wildman–Crippen MR) is 100.0 cm³/mol. The number of hydrogen-bond acceptors (Lipinski definition) is 5. The molecule has 26 heavy (non-hydrogen) atoms. The van der Waals surface area contributed by atoms with Crippen molar-refractivity contribution in [2.24, 2.45) is 0 Å². The van der Waals surface area contributed by atoms with E-state index in [2.05, 4.69) is 44.6 Å². The van der Waals surface area contributed by atoms with Crippen LogP contribution in [0.2, 0.25) is 0 Å². The molecule has 0 unspecified atom stereocenters. The zero-order valence-electron chi connectivity index (χ0n) is 15.6. The van der Waals surface area contributed by atoms with E-state index >= 15 is 0 Å². The number of carbonyl (C=O) groups is 1. The molecule has 0 spiro atoms. The fourth-order valence-corrected chi connectivity index (χ4v) is 3.37. The summed E-state index contributed by atoms with van der Waals surface area (Å²) < 4.78 is 5.20. The van der Waals surface area contributed by atoms with Gasteiger partial charge in [-0.1, -0.05) is 49.3 Å². The molecule has 0 saturated carbocycles. The summed E-state index contributed by atoms with van der Waals surface area (Å²) in [5, 5.41) is 6.90. The minimum atomic E-state index is 0.0577. The van der Waals surface area contributed by atoms with E-state index in [1.54, 1.807) is 0 Å². The number of rotatable bonds is 7. The molecule has 1 saturated heterocycles. The highest BCUT2D eigenvalue weighted by Crippen LogP contribution is 2.26. The lowest BCUT2D eigenvalue weighted by molar-refractivity contribution is -0.122. The number of hydrogen-bond donors (Lipinski definition) is 1. The largest absolute Gasteiger partial charge is 0.354 e. The highest BCUT2D eigenvalue weighted by atomic mass is 16.5. The Morgan fingerprint density at radius 3 is 2.88 bits per heavy atom. The number of nitrogens with zero attached hydrogens (tertiary/aromatic N) is 3. The zero-order valence-corrected chi connectivity index (χ0v) is 15.6. The fourth-order valence-electron chi connectivity index (χ4n) is 3.37. The molecule has 0 radical (unpaired) electrons. The number of piperidine rings is 1. The van der Waals surface area contributed by atoms with Gasteiger partial charge in [0.2, 0.25) is 11.8 Å². The summed E-state index contributed by atoms with van der Waals surface area (Å²) in [7, 11) is 0. The van der Waals surface area contributed by atoms with Crippen molar-refractivity contribution in [1.29, 1.82) is 0 Å². The lowest BCUT2D eigenvalue weighted by Gasteiger charge is -2.32. The maximum Gasteiger partial charge on any atom is 0.234 e. The minimum absolute atomic E-state index is 0.0577. The van der Waals surface area contributed by atoms with Gasteiger partial charge in [0.05, 0.1) is 6.54 Å². The first-order valence-corrected chi connectivity index (χ1v) is 9.48. The van der Waals surface area contributed by atoms with Crippen molar-refractivity contribution in [3.63, 3.8) is 0 Å². The molecule has 140 valence electrons. The quantitative estimate of drug-likeness (QED) is 0.826. The Hall–Kier alpha value is -2.21. The molecule has 1 N–H and O–H groups in total. The average Bonchev–Trinajstić information content (AvgIpc) is 3.12. The van der Waals surface area contributed by atoms with Crippen molar-refractivity contribution in [2.75, 3.05) is 26.2 Å². The summed E-state index contributed by atoms with van der Waals surface area (Å²) in [6, 6.07) is 10.6. The molecular weight excluding hydrogens is 328 g/mol. The predicted octanol–water partition coefficient (Wildman–Crippen LogP) is 2.73. The number of likely N-dealkylation sites (tertiary alicyclic amines) is 1. The van der Waals surface area contributed by atoms with E-state index in [0.29, 0.717) is 37.1 Å². The topological polar surface area (TPSA) is 71.3 Å². The van der Waals surface area contributed by atoms with Gasteiger partial charge in [0.25, 0.3) is 0 Å². The van der Waals surface area contributed by atoms with Crippen LogP contribution in [0.3, 0.4) is 0 Å². The van der Waals surface area contributed by atoms with Gasteiger partial charge in [-0.2, -0.15) is 4.98 Å². The van der Waals surface area contributed by atoms with Gasteiger partial charge in [-0.25, -0.2) is 0 Å². The Balaban J connectivity index is 1.41. The number of nitrogens with one attached hydrogen (secondary N) is 1. The number of benzene rings is 1. The molecule has 0 aliphatic carbocycles. The summed E-state index contributed by atoms with van der Waals surface area (Å²) in [6.45, 7) is 6.95. The standard InChI is InChI=1S/C20H28N4O2/c1-15(2)20-22-19(26-23-20)10-11-21-18(25)14-24-12-6-9-17(13-24)16-7-4-3-5-8-16/h3-5,7-8,15,17H,6,9-14H2,1-2H3,(H,21,25)/t17-/m0/s1. The van der Waals surface area contributed by atoms with Crippen molar-refractivity contribution in [3.05, 3.63) is 47.6 Å². The fraction of sp³-hybridized carbons (Fsp3) is 0.550. The monoisotopic (exact) mass is 356 g/mol. The molecule has 1 amide bonds. The Kier molecular flexibility index (Phi) is 6.39. The van der Waals surface area contributed by atoms with E-state index in [1.165, 1.54) is 12.0 Å². The summed E-state index contributed by atoms with van der Waals surface area (Å²) in [5.74, 6) is 2.12. The number of aromatic nitrogens is 2. The molecule has 6 nitrogen and oxygen atoms in total. The summed E-state index contributed by atoms with van der Waals surface area (Å²) in [6.07, 6.45) is 2.89. The van der Waals surface area contributed by atoms with Crippen LogP contribution in [0.4, 0.5) is 0 Å². The van der Waals surface area contributed by atoms with Crippen LogP contribution in [-0.4, -0.2) is 47.1 Å². The van der Waals surface area contributed by atoms with Crippen LogP contribution in [0.5, 0.6) is 0 Å². The molecule has 2 heterocycles. The highest BCUT2D eigenvalue weighted by molar-refractivity contribution is 5.78. The second kappa shape index (κ2) is 8.94. The van der Waals surface area contributed by atoms with Crippen LogP contribution >= 0.6 is 0 Å². The van der Waals surface area contributed by atoms with E-state index < -0.39 is 0 Å². The van der Waals surface area contributed by atoms with Gasteiger partial charge in [-0.15, -0.1) is 0 Å². The van der Waals surface area contributed by atoms with Gasteiger partial charge < -0.3 is 9.84 Å². The SMILES string of the molecule is CC(C)c1noc(CCNC(=O)CN2CCC[C@H](c3ccccc3)C2)n1. The van der Waals surface area contributed by atoms with E-state index in [0.717, 1.165) is 19.5 Å². The van der Waals surface area contributed by atoms with Crippen LogP contribution in [0, 0.1) is 0 Å². The maximum atomic E-state index is 12.2. The molecule has 3 rings (SSSR count). The van der Waals surface area contributed by atoms with Crippen LogP contribution < -0.4 is 5.32 Å². The normalized spacial score (nSPS) is 18.2. The molecular formula is C20H28N4O2. The van der Waals surface area contributed by atoms with Gasteiger partial charge in [0.15, 0.2) is 5.82 Å². The lowest BCUT2D eigenvalue weighted by Crippen LogP contribution is -2.42. The third-order valence-corrected chi connectivity index (χ3v) is 4.80. The van der Waals surface area contributed by atoms with Crippen LogP contribution in [0.25, 0.3) is 0 Å². The van der Waals surface area contributed by atoms with Gasteiger partial charge in [0.1, 0.15) is 0 Å². The maximum absolute atomic E-state index is 12.2. The van der Waals surface area contributed by atoms with Crippen molar-refractivity contribution in [1.82, 2.24) is 20.4 Å². The average molecular weight is 356 g/mol. The Labute approximate surface area is 155 Å². The molecule has 1 aliphatic rings. The molecule has 1 atom stereocenters. The molecule has 6 heteroatoms. The van der Waals surface area contributed by atoms with E-state index in [9.17, 15) is 4.79 Å². The van der Waals surface area contributed by atoms with Crippen molar-refractivity contribution < 1.29 is 9.32 Å². The second-order valence-electron chi connectivity index (χ2n) is 7.29. The smallest absolute Gasteiger partial charge is 0.234 e. The summed E-state index contributed by atoms with van der Waals surface area (Å²) >= 11 is 0. The molecule has 1 fully saturated rings. The molecule has 1 aliphatic heterocycles. The molecule has 1 aromatic carbocycles. The van der Waals surface area contributed by atoms with Crippen LogP contribution in [-0.2, 0) is 11.2 Å². The Morgan fingerprint density at radius 1 is 1.35 bits per heavy atom. The Morgan fingerprint density at radius 2 is 2.15 bits per heavy atom.